The summed E-state index contributed by atoms with van der Waals surface area (Å²) in [7, 11) is 1.60. The smallest absolute Gasteiger partial charge is 0.247 e. The Hall–Kier alpha value is -4.24. The number of amides is 2. The summed E-state index contributed by atoms with van der Waals surface area (Å²) in [6.45, 7) is 0.212. The fourth-order valence-corrected chi connectivity index (χ4v) is 5.38. The van der Waals surface area contributed by atoms with Gasteiger partial charge in [-0.25, -0.2) is 0 Å². The third-order valence-electron chi connectivity index (χ3n) is 7.36. The lowest BCUT2D eigenvalue weighted by Gasteiger charge is -2.39. The number of methoxy groups -OCH3 is 1. The van der Waals surface area contributed by atoms with E-state index in [4.69, 9.17) is 16.3 Å². The fraction of sp³-hybridized carbons (Fsp3) is 0.323. The zero-order chi connectivity index (χ0) is 28.6. The van der Waals surface area contributed by atoms with Crippen molar-refractivity contribution in [1.29, 1.82) is 0 Å². The van der Waals surface area contributed by atoms with Crippen LogP contribution in [0.2, 0.25) is 5.02 Å². The standard InChI is InChI=1S/C31H33ClN6O3/c1-41-27-18-14-23(15-19-27)29(31(40)33-20-22-8-4-2-5-9-22)38(26-10-6-3-7-11-26)28(39)21-37-35-30(34-36-37)24-12-16-25(32)17-13-24/h2,4-5,8-9,12-19,26,29H,3,6-7,10-11,20-21H2,1H3,(H,33,40)/t29-/m0/s1. The number of hydrogen-bond acceptors (Lipinski definition) is 6. The molecule has 0 unspecified atom stereocenters. The second-order valence-corrected chi connectivity index (χ2v) is 10.6. The molecule has 41 heavy (non-hydrogen) atoms. The Morgan fingerprint density at radius 1 is 1.00 bits per heavy atom. The Labute approximate surface area is 244 Å². The largest absolute Gasteiger partial charge is 0.497 e. The maximum atomic E-state index is 14.1. The van der Waals surface area contributed by atoms with E-state index in [1.54, 1.807) is 36.3 Å². The molecule has 1 heterocycles. The molecule has 9 nitrogen and oxygen atoms in total. The molecule has 10 heteroatoms. The van der Waals surface area contributed by atoms with Crippen LogP contribution < -0.4 is 10.1 Å². The van der Waals surface area contributed by atoms with Gasteiger partial charge in [0.05, 0.1) is 7.11 Å². The molecule has 1 aliphatic rings. The highest BCUT2D eigenvalue weighted by atomic mass is 35.5. The maximum absolute atomic E-state index is 14.1. The van der Waals surface area contributed by atoms with Crippen LogP contribution in [0.5, 0.6) is 5.75 Å². The van der Waals surface area contributed by atoms with Crippen molar-refractivity contribution in [3.63, 3.8) is 0 Å². The summed E-state index contributed by atoms with van der Waals surface area (Å²) in [6, 6.07) is 23.2. The number of nitrogens with zero attached hydrogens (tertiary/aromatic N) is 5. The molecule has 1 fully saturated rings. The fourth-order valence-electron chi connectivity index (χ4n) is 5.25. The van der Waals surface area contributed by atoms with Crippen molar-refractivity contribution < 1.29 is 14.3 Å². The number of tetrazole rings is 1. The third kappa shape index (κ3) is 7.10. The van der Waals surface area contributed by atoms with Crippen molar-refractivity contribution in [2.45, 2.75) is 57.3 Å². The molecule has 0 spiro atoms. The molecule has 0 saturated heterocycles. The number of aromatic nitrogens is 4. The van der Waals surface area contributed by atoms with E-state index in [9.17, 15) is 9.59 Å². The predicted octanol–water partition coefficient (Wildman–Crippen LogP) is 5.22. The van der Waals surface area contributed by atoms with Crippen molar-refractivity contribution >= 4 is 23.4 Å². The van der Waals surface area contributed by atoms with Gasteiger partial charge < -0.3 is 15.0 Å². The van der Waals surface area contributed by atoms with Gasteiger partial charge >= 0.3 is 0 Å². The number of benzene rings is 3. The minimum absolute atomic E-state index is 0.0925. The summed E-state index contributed by atoms with van der Waals surface area (Å²) in [6.07, 6.45) is 4.76. The lowest BCUT2D eigenvalue weighted by Crippen LogP contribution is -2.50. The number of nitrogens with one attached hydrogen (secondary N) is 1. The quantitative estimate of drug-likeness (QED) is 0.279. The molecule has 1 N–H and O–H groups in total. The van der Waals surface area contributed by atoms with E-state index < -0.39 is 6.04 Å². The summed E-state index contributed by atoms with van der Waals surface area (Å²) in [4.78, 5) is 31.1. The van der Waals surface area contributed by atoms with Gasteiger partial charge in [-0.1, -0.05) is 73.3 Å². The van der Waals surface area contributed by atoms with Crippen LogP contribution in [0, 0.1) is 0 Å². The van der Waals surface area contributed by atoms with Crippen LogP contribution in [0.4, 0.5) is 0 Å². The van der Waals surface area contributed by atoms with Crippen molar-refractivity contribution in [1.82, 2.24) is 30.4 Å². The van der Waals surface area contributed by atoms with Crippen LogP contribution in [0.25, 0.3) is 11.4 Å². The van der Waals surface area contributed by atoms with E-state index in [0.29, 0.717) is 28.7 Å². The lowest BCUT2D eigenvalue weighted by atomic mass is 9.91. The Morgan fingerprint density at radius 3 is 2.39 bits per heavy atom. The molecule has 4 aromatic rings. The summed E-state index contributed by atoms with van der Waals surface area (Å²) >= 11 is 6.01. The maximum Gasteiger partial charge on any atom is 0.247 e. The molecule has 1 aliphatic carbocycles. The van der Waals surface area contributed by atoms with E-state index in [1.165, 1.54) is 4.80 Å². The molecule has 1 aromatic heterocycles. The average Bonchev–Trinajstić information content (AvgIpc) is 3.48. The van der Waals surface area contributed by atoms with Gasteiger partial charge in [0.25, 0.3) is 0 Å². The number of carbonyl (C=O) groups is 2. The van der Waals surface area contributed by atoms with Crippen LogP contribution in [0.3, 0.4) is 0 Å². The summed E-state index contributed by atoms with van der Waals surface area (Å²) in [5.41, 5.74) is 2.43. The minimum atomic E-state index is -0.834. The average molecular weight is 573 g/mol. The zero-order valence-electron chi connectivity index (χ0n) is 22.9. The molecule has 3 aromatic carbocycles. The Bertz CT molecular complexity index is 1440. The van der Waals surface area contributed by atoms with Gasteiger partial charge in [-0.2, -0.15) is 4.80 Å². The highest BCUT2D eigenvalue weighted by Gasteiger charge is 2.37. The van der Waals surface area contributed by atoms with Gasteiger partial charge in [0.2, 0.25) is 17.6 Å². The van der Waals surface area contributed by atoms with E-state index in [-0.39, 0.29) is 24.4 Å². The molecule has 0 bridgehead atoms. The van der Waals surface area contributed by atoms with E-state index in [1.807, 2.05) is 54.6 Å². The number of rotatable bonds is 10. The predicted molar refractivity (Wildman–Crippen MR) is 156 cm³/mol. The molecule has 0 radical (unpaired) electrons. The molecule has 5 rings (SSSR count). The first-order valence-electron chi connectivity index (χ1n) is 13.8. The number of carbonyl (C=O) groups excluding carboxylic acids is 2. The zero-order valence-corrected chi connectivity index (χ0v) is 23.7. The van der Waals surface area contributed by atoms with Gasteiger partial charge in [0, 0.05) is 23.2 Å². The normalized spacial score (nSPS) is 14.3. The van der Waals surface area contributed by atoms with Crippen molar-refractivity contribution in [2.24, 2.45) is 0 Å². The van der Waals surface area contributed by atoms with Crippen molar-refractivity contribution in [3.05, 3.63) is 95.0 Å². The van der Waals surface area contributed by atoms with Gasteiger partial charge in [0.15, 0.2) is 0 Å². The molecule has 1 atom stereocenters. The van der Waals surface area contributed by atoms with Crippen LogP contribution in [-0.4, -0.2) is 50.1 Å². The Balaban J connectivity index is 1.44. The summed E-state index contributed by atoms with van der Waals surface area (Å²) in [5, 5.41) is 16.4. The first-order chi connectivity index (χ1) is 20.0. The lowest BCUT2D eigenvalue weighted by molar-refractivity contribution is -0.145. The van der Waals surface area contributed by atoms with E-state index in [0.717, 1.165) is 43.2 Å². The SMILES string of the molecule is COc1ccc([C@@H](C(=O)NCc2ccccc2)N(C(=O)Cn2nnc(-c3ccc(Cl)cc3)n2)C2CCCCC2)cc1. The topological polar surface area (TPSA) is 102 Å². The molecular formula is C31H33ClN6O3. The second kappa shape index (κ2) is 13.4. The molecular weight excluding hydrogens is 540 g/mol. The van der Waals surface area contributed by atoms with E-state index >= 15 is 0 Å². The number of ether oxygens (including phenoxy) is 1. The molecule has 1 saturated carbocycles. The van der Waals surface area contributed by atoms with Crippen molar-refractivity contribution in [3.8, 4) is 17.1 Å². The monoisotopic (exact) mass is 572 g/mol. The molecule has 0 aliphatic heterocycles. The summed E-state index contributed by atoms with van der Waals surface area (Å²) in [5.74, 6) is 0.583. The van der Waals surface area contributed by atoms with Crippen LogP contribution in [0.15, 0.2) is 78.9 Å². The van der Waals surface area contributed by atoms with Gasteiger partial charge in [-0.05, 0) is 65.6 Å². The number of halogens is 1. The molecule has 212 valence electrons. The van der Waals surface area contributed by atoms with Crippen LogP contribution in [0.1, 0.15) is 49.3 Å². The van der Waals surface area contributed by atoms with E-state index in [2.05, 4.69) is 20.7 Å². The second-order valence-electron chi connectivity index (χ2n) is 10.1. The first-order valence-corrected chi connectivity index (χ1v) is 14.2. The summed E-state index contributed by atoms with van der Waals surface area (Å²) < 4.78 is 5.35. The van der Waals surface area contributed by atoms with Crippen LogP contribution in [-0.2, 0) is 22.7 Å². The highest BCUT2D eigenvalue weighted by molar-refractivity contribution is 6.30. The highest BCUT2D eigenvalue weighted by Crippen LogP contribution is 2.32. The third-order valence-corrected chi connectivity index (χ3v) is 7.61. The molecule has 2 amide bonds. The Morgan fingerprint density at radius 2 is 1.71 bits per heavy atom. The first kappa shape index (κ1) is 28.3. The van der Waals surface area contributed by atoms with Gasteiger partial charge in [-0.3, -0.25) is 9.59 Å². The Kier molecular flexibility index (Phi) is 9.26. The van der Waals surface area contributed by atoms with Gasteiger partial charge in [-0.15, -0.1) is 10.2 Å². The minimum Gasteiger partial charge on any atom is -0.497 e. The van der Waals surface area contributed by atoms with Gasteiger partial charge in [0.1, 0.15) is 18.3 Å². The van der Waals surface area contributed by atoms with Crippen molar-refractivity contribution in [2.75, 3.05) is 7.11 Å². The van der Waals surface area contributed by atoms with Crippen LogP contribution >= 0.6 is 11.6 Å². The number of hydrogen-bond donors (Lipinski definition) is 1.